The fourth-order valence-electron chi connectivity index (χ4n) is 5.24. The van der Waals surface area contributed by atoms with E-state index in [9.17, 15) is 9.59 Å². The van der Waals surface area contributed by atoms with Crippen molar-refractivity contribution in [2.45, 2.75) is 65.0 Å². The first-order valence-electron chi connectivity index (χ1n) is 13.5. The highest BCUT2D eigenvalue weighted by Crippen LogP contribution is 2.45. The van der Waals surface area contributed by atoms with E-state index in [0.29, 0.717) is 17.9 Å². The van der Waals surface area contributed by atoms with Crippen LogP contribution in [0.3, 0.4) is 0 Å². The number of fused-ring (bicyclic) bond motifs is 3. The van der Waals surface area contributed by atoms with Crippen molar-refractivity contribution in [3.05, 3.63) is 72.1 Å². The molecule has 3 aromatic rings. The van der Waals surface area contributed by atoms with Gasteiger partial charge in [-0.2, -0.15) is 0 Å². The van der Waals surface area contributed by atoms with Crippen molar-refractivity contribution in [2.24, 2.45) is 0 Å². The average molecular weight is 518 g/mol. The summed E-state index contributed by atoms with van der Waals surface area (Å²) < 4.78 is 13.4. The number of nitrogens with zero attached hydrogens (tertiary/aromatic N) is 3. The smallest absolute Gasteiger partial charge is 0.247 e. The molecule has 0 saturated heterocycles. The molecule has 4 rings (SSSR count). The lowest BCUT2D eigenvalue weighted by atomic mass is 9.96. The summed E-state index contributed by atoms with van der Waals surface area (Å²) in [6.07, 6.45) is 6.56. The van der Waals surface area contributed by atoms with Crippen molar-refractivity contribution >= 4 is 17.5 Å². The molecule has 202 valence electrons. The topological polar surface area (TPSA) is 64.0 Å². The molecule has 0 bridgehead atoms. The number of carbonyl (C=O) groups excluding carboxylic acids is 2. The lowest BCUT2D eigenvalue weighted by molar-refractivity contribution is -0.137. The molecular weight excluding hydrogens is 478 g/mol. The molecule has 0 radical (unpaired) electrons. The molecule has 2 heterocycles. The van der Waals surface area contributed by atoms with Crippen LogP contribution in [0.25, 0.3) is 5.69 Å². The van der Waals surface area contributed by atoms with Gasteiger partial charge in [0.1, 0.15) is 24.1 Å². The monoisotopic (exact) mass is 517 g/mol. The van der Waals surface area contributed by atoms with E-state index in [4.69, 9.17) is 9.47 Å². The Bertz CT molecular complexity index is 1270. The van der Waals surface area contributed by atoms with Gasteiger partial charge in [-0.15, -0.1) is 0 Å². The number of anilines is 1. The zero-order valence-electron chi connectivity index (χ0n) is 23.1. The van der Waals surface area contributed by atoms with Crippen LogP contribution in [0.1, 0.15) is 70.2 Å². The second-order valence-electron chi connectivity index (χ2n) is 9.99. The van der Waals surface area contributed by atoms with E-state index < -0.39 is 6.04 Å². The fourth-order valence-corrected chi connectivity index (χ4v) is 5.24. The van der Waals surface area contributed by atoms with Crippen LogP contribution in [0.15, 0.2) is 60.8 Å². The van der Waals surface area contributed by atoms with Crippen LogP contribution < -0.4 is 14.4 Å². The van der Waals surface area contributed by atoms with Gasteiger partial charge in [0.25, 0.3) is 0 Å². The highest BCUT2D eigenvalue weighted by Gasteiger charge is 2.38. The Balaban J connectivity index is 1.76. The predicted molar refractivity (Wildman–Crippen MR) is 150 cm³/mol. The van der Waals surface area contributed by atoms with Crippen LogP contribution in [0, 0.1) is 0 Å². The van der Waals surface area contributed by atoms with E-state index in [-0.39, 0.29) is 24.4 Å². The highest BCUT2D eigenvalue weighted by atomic mass is 16.5. The lowest BCUT2D eigenvalue weighted by Crippen LogP contribution is -2.48. The second-order valence-corrected chi connectivity index (χ2v) is 9.99. The minimum Gasteiger partial charge on any atom is -0.497 e. The van der Waals surface area contributed by atoms with Gasteiger partial charge in [-0.3, -0.25) is 14.5 Å². The van der Waals surface area contributed by atoms with E-state index in [1.54, 1.807) is 19.1 Å². The average Bonchev–Trinajstić information content (AvgIpc) is 3.42. The summed E-state index contributed by atoms with van der Waals surface area (Å²) >= 11 is 0. The van der Waals surface area contributed by atoms with Gasteiger partial charge >= 0.3 is 0 Å². The van der Waals surface area contributed by atoms with Gasteiger partial charge in [-0.1, -0.05) is 38.3 Å². The number of para-hydroxylation sites is 2. The third kappa shape index (κ3) is 5.42. The van der Waals surface area contributed by atoms with Crippen molar-refractivity contribution < 1.29 is 19.1 Å². The van der Waals surface area contributed by atoms with Crippen molar-refractivity contribution in [3.63, 3.8) is 0 Å². The Labute approximate surface area is 226 Å². The van der Waals surface area contributed by atoms with E-state index in [1.807, 2.05) is 79.5 Å². The number of aromatic nitrogens is 1. The number of unbranched alkanes of at least 4 members (excludes halogenated alkanes) is 3. The zero-order valence-corrected chi connectivity index (χ0v) is 23.1. The van der Waals surface area contributed by atoms with Gasteiger partial charge in [-0.25, -0.2) is 0 Å². The number of carbonyl (C=O) groups is 2. The minimum atomic E-state index is -0.467. The maximum atomic E-state index is 14.3. The molecule has 2 aromatic carbocycles. The van der Waals surface area contributed by atoms with Gasteiger partial charge in [0, 0.05) is 24.2 Å². The molecule has 0 saturated carbocycles. The number of rotatable bonds is 11. The molecule has 1 unspecified atom stereocenters. The van der Waals surface area contributed by atoms with Gasteiger partial charge in [-0.05, 0) is 62.7 Å². The van der Waals surface area contributed by atoms with Crippen LogP contribution >= 0.6 is 0 Å². The number of hydrogen-bond donors (Lipinski definition) is 0. The second kappa shape index (κ2) is 12.2. The van der Waals surface area contributed by atoms with Crippen LogP contribution in [-0.2, 0) is 9.59 Å². The molecule has 1 aromatic heterocycles. The number of ether oxygens (including phenoxy) is 2. The number of benzene rings is 2. The molecule has 1 aliphatic rings. The maximum absolute atomic E-state index is 14.3. The molecule has 1 atom stereocenters. The largest absolute Gasteiger partial charge is 0.497 e. The van der Waals surface area contributed by atoms with Crippen molar-refractivity contribution in [2.75, 3.05) is 25.7 Å². The quantitative estimate of drug-likeness (QED) is 0.287. The number of methoxy groups -OCH3 is 2. The SMILES string of the molecule is CCCCCCC(=O)N(CC(=O)N1c2ccccc2-n2cccc2C1c1cc(OC)ccc1OC)C(C)C. The highest BCUT2D eigenvalue weighted by molar-refractivity contribution is 6.00. The molecule has 2 amide bonds. The Morgan fingerprint density at radius 3 is 2.39 bits per heavy atom. The molecule has 7 nitrogen and oxygen atoms in total. The van der Waals surface area contributed by atoms with Crippen molar-refractivity contribution in [1.82, 2.24) is 9.47 Å². The van der Waals surface area contributed by atoms with Crippen molar-refractivity contribution in [1.29, 1.82) is 0 Å². The van der Waals surface area contributed by atoms with Crippen LogP contribution in [0.4, 0.5) is 5.69 Å². The summed E-state index contributed by atoms with van der Waals surface area (Å²) in [4.78, 5) is 31.0. The van der Waals surface area contributed by atoms with Crippen LogP contribution in [0.5, 0.6) is 11.5 Å². The molecule has 0 fully saturated rings. The van der Waals surface area contributed by atoms with Gasteiger partial charge in [0.2, 0.25) is 11.8 Å². The van der Waals surface area contributed by atoms with E-state index in [1.165, 1.54) is 0 Å². The summed E-state index contributed by atoms with van der Waals surface area (Å²) in [5.41, 5.74) is 3.46. The standard InChI is InChI=1S/C31H39N3O4/c1-6-7-8-9-16-29(35)33(22(2)3)21-30(36)34-26-14-11-10-13-25(26)32-19-12-15-27(32)31(34)24-20-23(37-4)17-18-28(24)38-5/h10-15,17-20,22,31H,6-9,16,21H2,1-5H3. The summed E-state index contributed by atoms with van der Waals surface area (Å²) in [5, 5.41) is 0. The minimum absolute atomic E-state index is 0.00209. The Morgan fingerprint density at radius 2 is 1.71 bits per heavy atom. The Morgan fingerprint density at radius 1 is 0.947 bits per heavy atom. The molecule has 0 spiro atoms. The molecule has 7 heteroatoms. The van der Waals surface area contributed by atoms with Crippen LogP contribution in [0.2, 0.25) is 0 Å². The first kappa shape index (κ1) is 27.3. The van der Waals surface area contributed by atoms with Crippen LogP contribution in [-0.4, -0.2) is 48.1 Å². The summed E-state index contributed by atoms with van der Waals surface area (Å²) in [7, 11) is 3.25. The van der Waals surface area contributed by atoms with Gasteiger partial charge in [0.05, 0.1) is 31.3 Å². The molecule has 38 heavy (non-hydrogen) atoms. The first-order chi connectivity index (χ1) is 18.4. The molecular formula is C31H39N3O4. The lowest BCUT2D eigenvalue weighted by Gasteiger charge is -2.40. The van der Waals surface area contributed by atoms with E-state index in [2.05, 4.69) is 11.5 Å². The first-order valence-corrected chi connectivity index (χ1v) is 13.5. The fraction of sp³-hybridized carbons (Fsp3) is 0.419. The maximum Gasteiger partial charge on any atom is 0.247 e. The number of amides is 2. The van der Waals surface area contributed by atoms with Crippen molar-refractivity contribution in [3.8, 4) is 17.2 Å². The van der Waals surface area contributed by atoms with Gasteiger partial charge < -0.3 is 18.9 Å². The van der Waals surface area contributed by atoms with E-state index >= 15 is 0 Å². The third-order valence-corrected chi connectivity index (χ3v) is 7.21. The van der Waals surface area contributed by atoms with Gasteiger partial charge in [0.15, 0.2) is 0 Å². The predicted octanol–water partition coefficient (Wildman–Crippen LogP) is 6.14. The van der Waals surface area contributed by atoms with E-state index in [0.717, 1.165) is 48.3 Å². The summed E-state index contributed by atoms with van der Waals surface area (Å²) in [6, 6.07) is 17.0. The normalized spacial score (nSPS) is 14.2. The Hall–Kier alpha value is -3.74. The third-order valence-electron chi connectivity index (χ3n) is 7.21. The molecule has 0 aliphatic carbocycles. The molecule has 0 N–H and O–H groups in total. The molecule has 1 aliphatic heterocycles. The zero-order chi connectivity index (χ0) is 27.2. The summed E-state index contributed by atoms with van der Waals surface area (Å²) in [6.45, 7) is 6.09. The number of hydrogen-bond acceptors (Lipinski definition) is 4. The Kier molecular flexibility index (Phi) is 8.77. The summed E-state index contributed by atoms with van der Waals surface area (Å²) in [5.74, 6) is 1.22.